The van der Waals surface area contributed by atoms with Crippen LogP contribution in [0, 0.1) is 11.6 Å². The number of fused-ring (bicyclic) bond motifs is 1. The Balaban J connectivity index is 2.30. The molecule has 1 aromatic carbocycles. The van der Waals surface area contributed by atoms with Crippen LogP contribution in [0.1, 0.15) is 0 Å². The van der Waals surface area contributed by atoms with Crippen LogP contribution in [0.15, 0.2) is 18.3 Å². The van der Waals surface area contributed by atoms with E-state index in [0.29, 0.717) is 4.88 Å². The van der Waals surface area contributed by atoms with Gasteiger partial charge in [-0.3, -0.25) is 4.79 Å². The van der Waals surface area contributed by atoms with E-state index in [9.17, 15) is 13.6 Å². The quantitative estimate of drug-likeness (QED) is 0.798. The molecule has 2 heterocycles. The largest absolute Gasteiger partial charge is 0.480 e. The monoisotopic (exact) mass is 296 g/mol. The first kappa shape index (κ1) is 12.6. The standard InChI is InChI=1S/C11H6F2N4O2S/c12-5-1-7-8(2-6(5)13)17(4-10(18)19)11(15-7)9-3-14-16-20-9/h1-3H,4H2,(H,18,19). The molecule has 0 atom stereocenters. The van der Waals surface area contributed by atoms with Crippen molar-refractivity contribution in [2.24, 2.45) is 0 Å². The number of hydrogen-bond donors (Lipinski definition) is 1. The summed E-state index contributed by atoms with van der Waals surface area (Å²) in [5, 5.41) is 12.6. The number of carboxylic acid groups (broad SMARTS) is 1. The molecule has 0 spiro atoms. The third-order valence-electron chi connectivity index (χ3n) is 2.67. The highest BCUT2D eigenvalue weighted by Crippen LogP contribution is 2.27. The zero-order chi connectivity index (χ0) is 14.3. The van der Waals surface area contributed by atoms with E-state index in [0.717, 1.165) is 23.7 Å². The molecule has 0 fully saturated rings. The summed E-state index contributed by atoms with van der Waals surface area (Å²) in [6.07, 6.45) is 1.41. The molecule has 2 aromatic heterocycles. The number of benzene rings is 1. The molecule has 0 aliphatic rings. The van der Waals surface area contributed by atoms with Gasteiger partial charge in [-0.15, -0.1) is 5.10 Å². The minimum atomic E-state index is -1.12. The fourth-order valence-electron chi connectivity index (χ4n) is 1.87. The number of carbonyl (C=O) groups is 1. The Labute approximate surface area is 114 Å². The van der Waals surface area contributed by atoms with Gasteiger partial charge in [0.25, 0.3) is 0 Å². The van der Waals surface area contributed by atoms with E-state index in [1.54, 1.807) is 0 Å². The Morgan fingerprint density at radius 1 is 1.35 bits per heavy atom. The topological polar surface area (TPSA) is 80.9 Å². The van der Waals surface area contributed by atoms with Crippen LogP contribution in [0.25, 0.3) is 21.7 Å². The second-order valence-electron chi connectivity index (χ2n) is 3.95. The van der Waals surface area contributed by atoms with Crippen molar-refractivity contribution in [2.45, 2.75) is 6.54 Å². The number of aliphatic carboxylic acids is 1. The van der Waals surface area contributed by atoms with Crippen molar-refractivity contribution in [3.8, 4) is 10.7 Å². The number of imidazole rings is 1. The van der Waals surface area contributed by atoms with E-state index >= 15 is 0 Å². The summed E-state index contributed by atoms with van der Waals surface area (Å²) in [5.74, 6) is -2.94. The van der Waals surface area contributed by atoms with Gasteiger partial charge < -0.3 is 9.67 Å². The number of hydrogen-bond acceptors (Lipinski definition) is 5. The van der Waals surface area contributed by atoms with Gasteiger partial charge >= 0.3 is 5.97 Å². The number of carboxylic acids is 1. The first-order valence-corrected chi connectivity index (χ1v) is 6.18. The van der Waals surface area contributed by atoms with Crippen molar-refractivity contribution in [3.05, 3.63) is 30.0 Å². The van der Waals surface area contributed by atoms with Gasteiger partial charge in [-0.1, -0.05) is 4.49 Å². The lowest BCUT2D eigenvalue weighted by molar-refractivity contribution is -0.137. The summed E-state index contributed by atoms with van der Waals surface area (Å²) in [6, 6.07) is 1.86. The maximum atomic E-state index is 13.3. The van der Waals surface area contributed by atoms with Crippen LogP contribution in [0.2, 0.25) is 0 Å². The minimum absolute atomic E-state index is 0.175. The lowest BCUT2D eigenvalue weighted by atomic mass is 10.3. The molecule has 1 N–H and O–H groups in total. The highest BCUT2D eigenvalue weighted by molar-refractivity contribution is 7.09. The van der Waals surface area contributed by atoms with E-state index in [-0.39, 0.29) is 16.9 Å². The minimum Gasteiger partial charge on any atom is -0.480 e. The molecule has 0 aliphatic heterocycles. The van der Waals surface area contributed by atoms with Crippen LogP contribution in [0.5, 0.6) is 0 Å². The molecule has 6 nitrogen and oxygen atoms in total. The lowest BCUT2D eigenvalue weighted by Gasteiger charge is -2.04. The molecule has 3 aromatic rings. The van der Waals surface area contributed by atoms with Crippen LogP contribution in [0.4, 0.5) is 8.78 Å². The Kier molecular flexibility index (Phi) is 2.90. The van der Waals surface area contributed by atoms with Crippen molar-refractivity contribution in [2.75, 3.05) is 0 Å². The lowest BCUT2D eigenvalue weighted by Crippen LogP contribution is -2.09. The first-order valence-electron chi connectivity index (χ1n) is 5.41. The average molecular weight is 296 g/mol. The average Bonchev–Trinajstić information content (AvgIpc) is 2.99. The van der Waals surface area contributed by atoms with Gasteiger partial charge in [-0.05, 0) is 11.5 Å². The summed E-state index contributed by atoms with van der Waals surface area (Å²) in [4.78, 5) is 15.6. The predicted octanol–water partition coefficient (Wildman–Crippen LogP) is 1.92. The normalized spacial score (nSPS) is 11.1. The van der Waals surface area contributed by atoms with Crippen molar-refractivity contribution >= 4 is 28.5 Å². The maximum absolute atomic E-state index is 13.3. The zero-order valence-electron chi connectivity index (χ0n) is 9.75. The van der Waals surface area contributed by atoms with Gasteiger partial charge in [0.1, 0.15) is 11.4 Å². The maximum Gasteiger partial charge on any atom is 0.323 e. The van der Waals surface area contributed by atoms with Crippen molar-refractivity contribution in [1.82, 2.24) is 19.1 Å². The van der Waals surface area contributed by atoms with Gasteiger partial charge in [-0.25, -0.2) is 13.8 Å². The third-order valence-corrected chi connectivity index (χ3v) is 3.33. The molecule has 102 valence electrons. The van der Waals surface area contributed by atoms with E-state index in [2.05, 4.69) is 14.6 Å². The van der Waals surface area contributed by atoms with Gasteiger partial charge in [0.15, 0.2) is 17.5 Å². The van der Waals surface area contributed by atoms with E-state index in [1.165, 1.54) is 10.8 Å². The second-order valence-corrected chi connectivity index (χ2v) is 4.74. The summed E-state index contributed by atoms with van der Waals surface area (Å²) in [7, 11) is 0. The number of aromatic nitrogens is 4. The molecule has 0 saturated carbocycles. The van der Waals surface area contributed by atoms with Crippen LogP contribution in [0.3, 0.4) is 0 Å². The number of halogens is 2. The molecule has 3 rings (SSSR count). The molecule has 0 bridgehead atoms. The van der Waals surface area contributed by atoms with Crippen LogP contribution >= 0.6 is 11.5 Å². The van der Waals surface area contributed by atoms with Crippen molar-refractivity contribution in [1.29, 1.82) is 0 Å². The molecule has 0 saturated heterocycles. The summed E-state index contributed by atoms with van der Waals surface area (Å²) in [5.41, 5.74) is 0.378. The fourth-order valence-corrected chi connectivity index (χ4v) is 2.38. The molecule has 0 aliphatic carbocycles. The molecule has 20 heavy (non-hydrogen) atoms. The van der Waals surface area contributed by atoms with Gasteiger partial charge in [0.2, 0.25) is 0 Å². The molecule has 9 heteroatoms. The van der Waals surface area contributed by atoms with Gasteiger partial charge in [-0.2, -0.15) is 0 Å². The van der Waals surface area contributed by atoms with Crippen LogP contribution < -0.4 is 0 Å². The first-order chi connectivity index (χ1) is 9.56. The highest BCUT2D eigenvalue weighted by Gasteiger charge is 2.18. The predicted molar refractivity (Wildman–Crippen MR) is 66.2 cm³/mol. The summed E-state index contributed by atoms with van der Waals surface area (Å²) < 4.78 is 31.5. The summed E-state index contributed by atoms with van der Waals surface area (Å²) >= 11 is 1.02. The SMILES string of the molecule is O=C(O)Cn1c(-c2cnns2)nc2cc(F)c(F)cc21. The molecular formula is C11H6F2N4O2S. The van der Waals surface area contributed by atoms with E-state index < -0.39 is 24.1 Å². The smallest absolute Gasteiger partial charge is 0.323 e. The number of nitrogens with zero attached hydrogens (tertiary/aromatic N) is 4. The van der Waals surface area contributed by atoms with Crippen molar-refractivity contribution in [3.63, 3.8) is 0 Å². The fraction of sp³-hybridized carbons (Fsp3) is 0.0909. The van der Waals surface area contributed by atoms with Gasteiger partial charge in [0.05, 0.1) is 17.2 Å². The van der Waals surface area contributed by atoms with Crippen LogP contribution in [-0.4, -0.2) is 30.2 Å². The number of rotatable bonds is 3. The molecule has 0 amide bonds. The molecule has 0 radical (unpaired) electrons. The van der Waals surface area contributed by atoms with E-state index in [4.69, 9.17) is 5.11 Å². The summed E-state index contributed by atoms with van der Waals surface area (Å²) in [6.45, 7) is -0.422. The van der Waals surface area contributed by atoms with E-state index in [1.807, 2.05) is 0 Å². The highest BCUT2D eigenvalue weighted by atomic mass is 32.1. The Morgan fingerprint density at radius 2 is 2.10 bits per heavy atom. The molecule has 0 unspecified atom stereocenters. The van der Waals surface area contributed by atoms with Crippen molar-refractivity contribution < 1.29 is 18.7 Å². The second kappa shape index (κ2) is 4.60. The third kappa shape index (κ3) is 2.01. The molecular weight excluding hydrogens is 290 g/mol. The van der Waals surface area contributed by atoms with Crippen LogP contribution in [-0.2, 0) is 11.3 Å². The Bertz CT molecular complexity index is 800. The Morgan fingerprint density at radius 3 is 2.75 bits per heavy atom. The zero-order valence-corrected chi connectivity index (χ0v) is 10.6. The Hall–Kier alpha value is -2.42. The van der Waals surface area contributed by atoms with Gasteiger partial charge in [0, 0.05) is 12.1 Å².